The molecule has 1 saturated heterocycles. The minimum Gasteiger partial charge on any atom is -0.298 e. The Hall–Kier alpha value is -0.740. The second-order valence-corrected chi connectivity index (χ2v) is 4.32. The maximum atomic E-state index is 11.0. The Morgan fingerprint density at radius 2 is 2.54 bits per heavy atom. The van der Waals surface area contributed by atoms with Gasteiger partial charge in [0.25, 0.3) is 0 Å². The number of rotatable bonds is 2. The molecule has 2 rings (SSSR count). The number of thiazole rings is 1. The molecule has 1 aromatic rings. The van der Waals surface area contributed by atoms with E-state index in [4.69, 9.17) is 0 Å². The molecule has 0 aliphatic carbocycles. The summed E-state index contributed by atoms with van der Waals surface area (Å²) in [6.07, 6.45) is 0.713. The molecule has 70 valence electrons. The van der Waals surface area contributed by atoms with E-state index in [1.165, 1.54) is 0 Å². The Bertz CT molecular complexity index is 321. The van der Waals surface area contributed by atoms with Gasteiger partial charge in [0.05, 0.1) is 13.1 Å². The van der Waals surface area contributed by atoms with Gasteiger partial charge in [0, 0.05) is 24.0 Å². The van der Waals surface area contributed by atoms with Gasteiger partial charge < -0.3 is 0 Å². The van der Waals surface area contributed by atoms with E-state index in [-0.39, 0.29) is 0 Å². The Morgan fingerprint density at radius 3 is 3.08 bits per heavy atom. The van der Waals surface area contributed by atoms with Gasteiger partial charge >= 0.3 is 0 Å². The van der Waals surface area contributed by atoms with Crippen molar-refractivity contribution >= 4 is 17.1 Å². The summed E-state index contributed by atoms with van der Waals surface area (Å²) in [5.74, 6) is 0.355. The first kappa shape index (κ1) is 8.84. The zero-order valence-electron chi connectivity index (χ0n) is 7.62. The third kappa shape index (κ3) is 2.14. The Balaban J connectivity index is 1.95. The van der Waals surface area contributed by atoms with Crippen molar-refractivity contribution in [1.82, 2.24) is 9.88 Å². The maximum absolute atomic E-state index is 11.0. The number of carbonyl (C=O) groups excluding carboxylic acids is 1. The first-order chi connectivity index (χ1) is 6.24. The third-order valence-electron chi connectivity index (χ3n) is 2.13. The van der Waals surface area contributed by atoms with Gasteiger partial charge in [-0.25, -0.2) is 4.98 Å². The largest absolute Gasteiger partial charge is 0.298 e. The third-order valence-corrected chi connectivity index (χ3v) is 3.08. The van der Waals surface area contributed by atoms with Gasteiger partial charge in [-0.2, -0.15) is 0 Å². The molecule has 0 unspecified atom stereocenters. The van der Waals surface area contributed by atoms with Crippen LogP contribution in [-0.2, 0) is 11.3 Å². The fourth-order valence-corrected chi connectivity index (χ4v) is 2.31. The molecule has 0 N–H and O–H groups in total. The minimum atomic E-state index is 0.355. The minimum absolute atomic E-state index is 0.355. The summed E-state index contributed by atoms with van der Waals surface area (Å²) in [5.41, 5.74) is 1.07. The summed E-state index contributed by atoms with van der Waals surface area (Å²) in [6.45, 7) is 4.34. The summed E-state index contributed by atoms with van der Waals surface area (Å²) >= 11 is 1.67. The lowest BCUT2D eigenvalue weighted by Gasteiger charge is -2.10. The highest BCUT2D eigenvalue weighted by atomic mass is 32.1. The van der Waals surface area contributed by atoms with Crippen LogP contribution in [0, 0.1) is 6.92 Å². The predicted octanol–water partition coefficient (Wildman–Crippen LogP) is 1.23. The van der Waals surface area contributed by atoms with Crippen LogP contribution in [-0.4, -0.2) is 28.8 Å². The van der Waals surface area contributed by atoms with Crippen molar-refractivity contribution in [1.29, 1.82) is 0 Å². The van der Waals surface area contributed by atoms with Crippen LogP contribution in [0.15, 0.2) is 5.38 Å². The number of likely N-dealkylation sites (tertiary alicyclic amines) is 1. The summed E-state index contributed by atoms with van der Waals surface area (Å²) in [4.78, 5) is 17.5. The highest BCUT2D eigenvalue weighted by Crippen LogP contribution is 2.14. The molecule has 0 saturated carbocycles. The number of hydrogen-bond acceptors (Lipinski definition) is 4. The fourth-order valence-electron chi connectivity index (χ4n) is 1.49. The second-order valence-electron chi connectivity index (χ2n) is 3.38. The van der Waals surface area contributed by atoms with Crippen LogP contribution in [0.3, 0.4) is 0 Å². The molecule has 1 aromatic heterocycles. The highest BCUT2D eigenvalue weighted by Gasteiger charge is 2.19. The van der Waals surface area contributed by atoms with E-state index in [1.54, 1.807) is 11.3 Å². The van der Waals surface area contributed by atoms with E-state index in [0.29, 0.717) is 18.7 Å². The zero-order chi connectivity index (χ0) is 9.26. The Morgan fingerprint density at radius 1 is 1.69 bits per heavy atom. The van der Waals surface area contributed by atoms with E-state index < -0.39 is 0 Å². The standard InChI is InChI=1S/C9H12N2OS/c1-7-6-13-9(10-7)5-11-3-2-8(12)4-11/h6H,2-5H2,1H3. The quantitative estimate of drug-likeness (QED) is 0.713. The van der Waals surface area contributed by atoms with E-state index >= 15 is 0 Å². The lowest BCUT2D eigenvalue weighted by molar-refractivity contribution is -0.116. The average Bonchev–Trinajstić information content (AvgIpc) is 2.62. The van der Waals surface area contributed by atoms with Crippen molar-refractivity contribution in [2.45, 2.75) is 19.9 Å². The predicted molar refractivity (Wildman–Crippen MR) is 51.8 cm³/mol. The number of aromatic nitrogens is 1. The van der Waals surface area contributed by atoms with Crippen molar-refractivity contribution in [2.75, 3.05) is 13.1 Å². The molecule has 4 heteroatoms. The molecule has 0 bridgehead atoms. The van der Waals surface area contributed by atoms with Crippen LogP contribution in [0.4, 0.5) is 0 Å². The molecular weight excluding hydrogens is 184 g/mol. The molecule has 3 nitrogen and oxygen atoms in total. The van der Waals surface area contributed by atoms with Crippen LogP contribution in [0.2, 0.25) is 0 Å². The van der Waals surface area contributed by atoms with Gasteiger partial charge in [-0.3, -0.25) is 9.69 Å². The monoisotopic (exact) mass is 196 g/mol. The van der Waals surface area contributed by atoms with E-state index in [0.717, 1.165) is 23.8 Å². The number of carbonyl (C=O) groups is 1. The molecule has 0 radical (unpaired) electrons. The average molecular weight is 196 g/mol. The van der Waals surface area contributed by atoms with E-state index in [9.17, 15) is 4.79 Å². The Kier molecular flexibility index (Phi) is 2.42. The van der Waals surface area contributed by atoms with Crippen molar-refractivity contribution in [3.05, 3.63) is 16.1 Å². The van der Waals surface area contributed by atoms with Crippen LogP contribution in [0.1, 0.15) is 17.1 Å². The van der Waals surface area contributed by atoms with Crippen LogP contribution >= 0.6 is 11.3 Å². The maximum Gasteiger partial charge on any atom is 0.148 e. The normalized spacial score (nSPS) is 18.4. The molecular formula is C9H12N2OS. The molecule has 0 amide bonds. The van der Waals surface area contributed by atoms with Gasteiger partial charge in [0.1, 0.15) is 10.8 Å². The van der Waals surface area contributed by atoms with E-state index in [1.807, 2.05) is 12.3 Å². The van der Waals surface area contributed by atoms with Crippen LogP contribution in [0.25, 0.3) is 0 Å². The SMILES string of the molecule is Cc1csc(CN2CCC(=O)C2)n1. The molecule has 0 atom stereocenters. The number of Topliss-reactive ketones (excluding diaryl/α,β-unsaturated/α-hetero) is 1. The van der Waals surface area contributed by atoms with Crippen molar-refractivity contribution in [2.24, 2.45) is 0 Å². The van der Waals surface area contributed by atoms with Crippen LogP contribution < -0.4 is 0 Å². The highest BCUT2D eigenvalue weighted by molar-refractivity contribution is 7.09. The summed E-state index contributed by atoms with van der Waals surface area (Å²) < 4.78 is 0. The number of aryl methyl sites for hydroxylation is 1. The molecule has 0 aromatic carbocycles. The Labute approximate surface area is 81.4 Å². The van der Waals surface area contributed by atoms with Crippen molar-refractivity contribution in [3.63, 3.8) is 0 Å². The first-order valence-corrected chi connectivity index (χ1v) is 5.27. The van der Waals surface area contributed by atoms with Crippen molar-refractivity contribution < 1.29 is 4.79 Å². The van der Waals surface area contributed by atoms with E-state index in [2.05, 4.69) is 9.88 Å². The second kappa shape index (κ2) is 3.55. The molecule has 1 aliphatic rings. The van der Waals surface area contributed by atoms with Gasteiger partial charge in [-0.1, -0.05) is 0 Å². The lowest BCUT2D eigenvalue weighted by atomic mass is 10.4. The lowest BCUT2D eigenvalue weighted by Crippen LogP contribution is -2.19. The summed E-state index contributed by atoms with van der Waals surface area (Å²) in [5, 5.41) is 3.17. The van der Waals surface area contributed by atoms with Gasteiger partial charge in [-0.15, -0.1) is 11.3 Å². The molecule has 1 fully saturated rings. The summed E-state index contributed by atoms with van der Waals surface area (Å²) in [7, 11) is 0. The summed E-state index contributed by atoms with van der Waals surface area (Å²) in [6, 6.07) is 0. The van der Waals surface area contributed by atoms with Gasteiger partial charge in [0.2, 0.25) is 0 Å². The topological polar surface area (TPSA) is 33.2 Å². The smallest absolute Gasteiger partial charge is 0.148 e. The number of ketones is 1. The number of nitrogens with zero attached hydrogens (tertiary/aromatic N) is 2. The van der Waals surface area contributed by atoms with Gasteiger partial charge in [0.15, 0.2) is 0 Å². The zero-order valence-corrected chi connectivity index (χ0v) is 8.43. The van der Waals surface area contributed by atoms with Crippen molar-refractivity contribution in [3.8, 4) is 0 Å². The fraction of sp³-hybridized carbons (Fsp3) is 0.556. The molecule has 0 spiro atoms. The molecule has 13 heavy (non-hydrogen) atoms. The van der Waals surface area contributed by atoms with Crippen LogP contribution in [0.5, 0.6) is 0 Å². The number of hydrogen-bond donors (Lipinski definition) is 0. The molecule has 1 aliphatic heterocycles. The van der Waals surface area contributed by atoms with Gasteiger partial charge in [-0.05, 0) is 6.92 Å². The first-order valence-electron chi connectivity index (χ1n) is 4.39. The molecule has 2 heterocycles.